The highest BCUT2D eigenvalue weighted by atomic mass is 16.6. The normalized spacial score (nSPS) is 29.9. The number of hydrogen-bond acceptors (Lipinski definition) is 6. The van der Waals surface area contributed by atoms with Gasteiger partial charge in [0.15, 0.2) is 0 Å². The number of amides is 1. The summed E-state index contributed by atoms with van der Waals surface area (Å²) in [5.74, 6) is -0.548. The Balaban J connectivity index is 1.42. The Labute approximate surface area is 197 Å². The fraction of sp³-hybridized carbons (Fsp3) is 0.462. The first-order valence-electron chi connectivity index (χ1n) is 11.7. The standard InChI is InChI=1S/C26H28N2O6/c1-16-7-8-20(21(9-16)28(32)33)27-23(29)22(19-5-3-2-4-6-19)34-24(30)25-11-17-10-18(12-25)14-26(31,13-17)15-25/h2-9,17-18,22,31H,10-15H2,1H3,(H,27,29). The minimum absolute atomic E-state index is 0.0432. The molecular formula is C26H28N2O6. The van der Waals surface area contributed by atoms with E-state index in [0.29, 0.717) is 30.4 Å². The van der Waals surface area contributed by atoms with Gasteiger partial charge in [0.25, 0.3) is 11.6 Å². The Hall–Kier alpha value is -3.26. The molecule has 4 bridgehead atoms. The number of nitrogens with one attached hydrogen (secondary N) is 1. The van der Waals surface area contributed by atoms with Gasteiger partial charge >= 0.3 is 5.97 Å². The minimum Gasteiger partial charge on any atom is -0.447 e. The molecule has 1 amide bonds. The molecule has 3 atom stereocenters. The van der Waals surface area contributed by atoms with E-state index in [0.717, 1.165) is 19.3 Å². The van der Waals surface area contributed by atoms with E-state index in [9.17, 15) is 24.8 Å². The average Bonchev–Trinajstić information content (AvgIpc) is 2.77. The monoisotopic (exact) mass is 464 g/mol. The summed E-state index contributed by atoms with van der Waals surface area (Å²) in [4.78, 5) is 37.9. The van der Waals surface area contributed by atoms with E-state index in [1.807, 2.05) is 0 Å². The molecular weight excluding hydrogens is 436 g/mol. The van der Waals surface area contributed by atoms with Crippen molar-refractivity contribution in [1.29, 1.82) is 0 Å². The zero-order chi connectivity index (χ0) is 24.1. The van der Waals surface area contributed by atoms with Crippen LogP contribution in [0.3, 0.4) is 0 Å². The van der Waals surface area contributed by atoms with Crippen molar-refractivity contribution in [3.63, 3.8) is 0 Å². The smallest absolute Gasteiger partial charge is 0.313 e. The molecule has 4 aliphatic rings. The van der Waals surface area contributed by atoms with E-state index in [1.54, 1.807) is 43.3 Å². The molecule has 4 aliphatic carbocycles. The highest BCUT2D eigenvalue weighted by molar-refractivity contribution is 5.98. The molecule has 0 aliphatic heterocycles. The van der Waals surface area contributed by atoms with Crippen molar-refractivity contribution >= 4 is 23.3 Å². The summed E-state index contributed by atoms with van der Waals surface area (Å²) in [6.45, 7) is 1.73. The van der Waals surface area contributed by atoms with Crippen LogP contribution in [0.5, 0.6) is 0 Å². The van der Waals surface area contributed by atoms with Gasteiger partial charge in [-0.1, -0.05) is 36.4 Å². The molecule has 2 N–H and O–H groups in total. The number of nitro groups is 1. The van der Waals surface area contributed by atoms with Crippen LogP contribution in [-0.2, 0) is 14.3 Å². The molecule has 2 aromatic carbocycles. The lowest BCUT2D eigenvalue weighted by Gasteiger charge is -2.58. The van der Waals surface area contributed by atoms with E-state index in [-0.39, 0.29) is 23.2 Å². The number of nitro benzene ring substituents is 1. The number of carbonyl (C=O) groups excluding carboxylic acids is 2. The first kappa shape index (κ1) is 22.5. The van der Waals surface area contributed by atoms with Crippen LogP contribution < -0.4 is 5.32 Å². The van der Waals surface area contributed by atoms with Crippen molar-refractivity contribution in [3.8, 4) is 0 Å². The average molecular weight is 465 g/mol. The minimum atomic E-state index is -1.27. The Morgan fingerprint density at radius 1 is 1.12 bits per heavy atom. The number of esters is 1. The van der Waals surface area contributed by atoms with Crippen LogP contribution in [0.1, 0.15) is 55.8 Å². The van der Waals surface area contributed by atoms with Crippen LogP contribution in [0.25, 0.3) is 0 Å². The largest absolute Gasteiger partial charge is 0.447 e. The molecule has 0 aromatic heterocycles. The van der Waals surface area contributed by atoms with Crippen LogP contribution in [0.15, 0.2) is 48.5 Å². The maximum absolute atomic E-state index is 13.6. The third kappa shape index (κ3) is 4.07. The second-order valence-corrected chi connectivity index (χ2v) is 10.4. The van der Waals surface area contributed by atoms with Crippen molar-refractivity contribution in [2.45, 2.75) is 57.2 Å². The lowest BCUT2D eigenvalue weighted by atomic mass is 9.48. The lowest BCUT2D eigenvalue weighted by Crippen LogP contribution is -2.58. The number of nitrogens with zero attached hydrogens (tertiary/aromatic N) is 1. The van der Waals surface area contributed by atoms with Crippen LogP contribution in [0.4, 0.5) is 11.4 Å². The maximum atomic E-state index is 13.6. The molecule has 0 saturated heterocycles. The van der Waals surface area contributed by atoms with Crippen molar-refractivity contribution in [2.24, 2.45) is 17.3 Å². The van der Waals surface area contributed by atoms with E-state index in [4.69, 9.17) is 4.74 Å². The fourth-order valence-electron chi connectivity index (χ4n) is 6.68. The van der Waals surface area contributed by atoms with Crippen molar-refractivity contribution < 1.29 is 24.4 Å². The summed E-state index contributed by atoms with van der Waals surface area (Å²) in [6.07, 6.45) is 2.89. The molecule has 0 heterocycles. The van der Waals surface area contributed by atoms with Crippen molar-refractivity contribution in [1.82, 2.24) is 0 Å². The maximum Gasteiger partial charge on any atom is 0.313 e. The van der Waals surface area contributed by atoms with Crippen LogP contribution in [0, 0.1) is 34.3 Å². The van der Waals surface area contributed by atoms with Crippen molar-refractivity contribution in [2.75, 3.05) is 5.32 Å². The predicted octanol–water partition coefficient (Wildman–Crippen LogP) is 4.46. The molecule has 8 nitrogen and oxygen atoms in total. The van der Waals surface area contributed by atoms with Gasteiger partial charge in [0.2, 0.25) is 6.10 Å². The summed E-state index contributed by atoms with van der Waals surface area (Å²) < 4.78 is 5.89. The van der Waals surface area contributed by atoms with Crippen molar-refractivity contribution in [3.05, 3.63) is 69.8 Å². The summed E-state index contributed by atoms with van der Waals surface area (Å²) in [7, 11) is 0. The highest BCUT2D eigenvalue weighted by Crippen LogP contribution is 2.62. The van der Waals surface area contributed by atoms with E-state index in [2.05, 4.69) is 5.32 Å². The molecule has 34 heavy (non-hydrogen) atoms. The topological polar surface area (TPSA) is 119 Å². The number of ether oxygens (including phenoxy) is 1. The van der Waals surface area contributed by atoms with Gasteiger partial charge in [-0.2, -0.15) is 0 Å². The van der Waals surface area contributed by atoms with Gasteiger partial charge in [-0.25, -0.2) is 0 Å². The molecule has 2 aromatic rings. The van der Waals surface area contributed by atoms with Crippen LogP contribution in [0.2, 0.25) is 0 Å². The zero-order valence-corrected chi connectivity index (χ0v) is 19.0. The summed E-state index contributed by atoms with van der Waals surface area (Å²) in [6, 6.07) is 13.2. The van der Waals surface area contributed by atoms with Crippen LogP contribution in [-0.4, -0.2) is 27.5 Å². The molecule has 4 saturated carbocycles. The lowest BCUT2D eigenvalue weighted by molar-refractivity contribution is -0.384. The van der Waals surface area contributed by atoms with Crippen LogP contribution >= 0.6 is 0 Å². The highest BCUT2D eigenvalue weighted by Gasteiger charge is 2.61. The Morgan fingerprint density at radius 3 is 2.41 bits per heavy atom. The van der Waals surface area contributed by atoms with Gasteiger partial charge in [0, 0.05) is 11.6 Å². The zero-order valence-electron chi connectivity index (χ0n) is 19.0. The molecule has 0 spiro atoms. The van der Waals surface area contributed by atoms with E-state index < -0.39 is 33.9 Å². The second-order valence-electron chi connectivity index (χ2n) is 10.4. The Morgan fingerprint density at radius 2 is 1.79 bits per heavy atom. The van der Waals surface area contributed by atoms with Gasteiger partial charge in [-0.05, 0) is 68.9 Å². The number of rotatable bonds is 6. The quantitative estimate of drug-likeness (QED) is 0.370. The molecule has 3 unspecified atom stereocenters. The summed E-state index contributed by atoms with van der Waals surface area (Å²) in [5.41, 5.74) is -0.642. The molecule has 8 heteroatoms. The summed E-state index contributed by atoms with van der Waals surface area (Å²) in [5, 5.41) is 25.1. The first-order chi connectivity index (χ1) is 16.2. The third-order valence-electron chi connectivity index (χ3n) is 7.64. The second kappa shape index (κ2) is 8.20. The Bertz CT molecular complexity index is 1130. The molecule has 6 rings (SSSR count). The van der Waals surface area contributed by atoms with Gasteiger partial charge in [0.1, 0.15) is 5.69 Å². The number of aryl methyl sites for hydroxylation is 1. The number of aliphatic hydroxyl groups is 1. The Kier molecular flexibility index (Phi) is 5.43. The van der Waals surface area contributed by atoms with Gasteiger partial charge in [0.05, 0.1) is 15.9 Å². The third-order valence-corrected chi connectivity index (χ3v) is 7.64. The van der Waals surface area contributed by atoms with Gasteiger partial charge < -0.3 is 15.2 Å². The number of anilines is 1. The molecule has 178 valence electrons. The number of carbonyl (C=O) groups is 2. The first-order valence-corrected chi connectivity index (χ1v) is 11.7. The number of hydrogen-bond donors (Lipinski definition) is 2. The molecule has 4 fully saturated rings. The predicted molar refractivity (Wildman–Crippen MR) is 124 cm³/mol. The van der Waals surface area contributed by atoms with E-state index >= 15 is 0 Å². The fourth-order valence-corrected chi connectivity index (χ4v) is 6.68. The SMILES string of the molecule is Cc1ccc(NC(=O)C(OC(=O)C23CC4CC(CC(O)(C4)C2)C3)c2ccccc2)c([N+](=O)[O-])c1. The van der Waals surface area contributed by atoms with Gasteiger partial charge in [-0.15, -0.1) is 0 Å². The number of benzene rings is 2. The van der Waals surface area contributed by atoms with Gasteiger partial charge in [-0.3, -0.25) is 19.7 Å². The van der Waals surface area contributed by atoms with E-state index in [1.165, 1.54) is 12.1 Å². The summed E-state index contributed by atoms with van der Waals surface area (Å²) >= 11 is 0. The molecule has 0 radical (unpaired) electrons.